The van der Waals surface area contributed by atoms with E-state index >= 15 is 0 Å². The molecule has 9 heteroatoms. The van der Waals surface area contributed by atoms with Gasteiger partial charge in [0.05, 0.1) is 22.6 Å². The molecule has 0 spiro atoms. The van der Waals surface area contributed by atoms with Crippen LogP contribution in [0, 0.1) is 0 Å². The van der Waals surface area contributed by atoms with E-state index in [1.807, 2.05) is 0 Å². The Kier molecular flexibility index (Phi) is 7.00. The number of hydrogen-bond acceptors (Lipinski definition) is 6. The molecular formula is C20H20N2O6S. The summed E-state index contributed by atoms with van der Waals surface area (Å²) in [6.07, 6.45) is -0.509. The second-order valence-electron chi connectivity index (χ2n) is 6.41. The molecule has 0 heterocycles. The Bertz CT molecular complexity index is 962. The van der Waals surface area contributed by atoms with Gasteiger partial charge in [-0.25, -0.2) is 8.42 Å². The highest BCUT2D eigenvalue weighted by Gasteiger charge is 2.18. The third-order valence-electron chi connectivity index (χ3n) is 3.72. The molecule has 0 fully saturated rings. The van der Waals surface area contributed by atoms with E-state index in [1.165, 1.54) is 62.4 Å². The summed E-state index contributed by atoms with van der Waals surface area (Å²) in [4.78, 5) is 45.1. The molecule has 2 amide bonds. The van der Waals surface area contributed by atoms with Gasteiger partial charge in [0, 0.05) is 11.4 Å². The molecule has 0 aromatic heterocycles. The van der Waals surface area contributed by atoms with Crippen molar-refractivity contribution in [3.8, 4) is 0 Å². The van der Waals surface area contributed by atoms with Crippen LogP contribution in [0.4, 0.5) is 11.4 Å². The number of amides is 2. The number of anilines is 2. The molecular weight excluding hydrogens is 396 g/mol. The van der Waals surface area contributed by atoms with Gasteiger partial charge < -0.3 is 10.6 Å². The first-order chi connectivity index (χ1) is 13.6. The Labute approximate surface area is 168 Å². The van der Waals surface area contributed by atoms with Crippen molar-refractivity contribution in [1.82, 2.24) is 0 Å². The van der Waals surface area contributed by atoms with Crippen molar-refractivity contribution in [3.63, 3.8) is 0 Å². The number of ketones is 2. The van der Waals surface area contributed by atoms with Crippen LogP contribution < -0.4 is 10.6 Å². The van der Waals surface area contributed by atoms with E-state index in [0.29, 0.717) is 11.4 Å². The quantitative estimate of drug-likeness (QED) is 0.636. The predicted octanol–water partition coefficient (Wildman–Crippen LogP) is 2.35. The standard InChI is InChI=1S/C20H20N2O6S/c1-13(23)11-19(25)21-15-3-7-17(8-4-15)29(27,28)18-9-5-16(6-10-18)22-20(26)12-14(2)24/h3-10H,11-12H2,1-2H3,(H,21,25)(H,22,26). The zero-order chi connectivity index (χ0) is 21.6. The van der Waals surface area contributed by atoms with Gasteiger partial charge in [-0.15, -0.1) is 0 Å². The lowest BCUT2D eigenvalue weighted by atomic mass is 10.2. The normalized spacial score (nSPS) is 10.8. The molecule has 2 aromatic rings. The monoisotopic (exact) mass is 416 g/mol. The lowest BCUT2D eigenvalue weighted by Gasteiger charge is -2.09. The van der Waals surface area contributed by atoms with Crippen LogP contribution in [-0.4, -0.2) is 31.8 Å². The van der Waals surface area contributed by atoms with E-state index < -0.39 is 21.7 Å². The summed E-state index contributed by atoms with van der Waals surface area (Å²) >= 11 is 0. The smallest absolute Gasteiger partial charge is 0.231 e. The molecule has 0 atom stereocenters. The average Bonchev–Trinajstić information content (AvgIpc) is 2.61. The van der Waals surface area contributed by atoms with Crippen LogP contribution in [-0.2, 0) is 29.0 Å². The Morgan fingerprint density at radius 1 is 0.655 bits per heavy atom. The number of carbonyl (C=O) groups is 4. The highest BCUT2D eigenvalue weighted by Crippen LogP contribution is 2.24. The summed E-state index contributed by atoms with van der Waals surface area (Å²) in [5.41, 5.74) is 0.748. The second kappa shape index (κ2) is 9.24. The number of hydrogen-bond donors (Lipinski definition) is 2. The molecule has 0 aliphatic carbocycles. The number of sulfone groups is 1. The van der Waals surface area contributed by atoms with E-state index in [1.54, 1.807) is 0 Å². The van der Waals surface area contributed by atoms with Gasteiger partial charge in [0.15, 0.2) is 0 Å². The Balaban J connectivity index is 2.12. The van der Waals surface area contributed by atoms with E-state index in [9.17, 15) is 27.6 Å². The van der Waals surface area contributed by atoms with Gasteiger partial charge in [0.1, 0.15) is 11.6 Å². The van der Waals surface area contributed by atoms with Crippen LogP contribution >= 0.6 is 0 Å². The Morgan fingerprint density at radius 3 is 1.24 bits per heavy atom. The van der Waals surface area contributed by atoms with Gasteiger partial charge in [-0.1, -0.05) is 0 Å². The van der Waals surface area contributed by atoms with Gasteiger partial charge in [0.25, 0.3) is 0 Å². The molecule has 0 aliphatic rings. The van der Waals surface area contributed by atoms with Gasteiger partial charge >= 0.3 is 0 Å². The summed E-state index contributed by atoms with van der Waals surface area (Å²) in [5, 5.41) is 5.02. The second-order valence-corrected chi connectivity index (χ2v) is 8.36. The van der Waals surface area contributed by atoms with Crippen molar-refractivity contribution in [1.29, 1.82) is 0 Å². The molecule has 0 saturated heterocycles. The van der Waals surface area contributed by atoms with Gasteiger partial charge in [0.2, 0.25) is 21.7 Å². The summed E-state index contributed by atoms with van der Waals surface area (Å²) < 4.78 is 25.5. The van der Waals surface area contributed by atoms with Crippen LogP contribution in [0.25, 0.3) is 0 Å². The molecule has 0 saturated carbocycles. The number of Topliss-reactive ketones (excluding diaryl/α,β-unsaturated/α-hetero) is 2. The van der Waals surface area contributed by atoms with Crippen molar-refractivity contribution >= 4 is 44.6 Å². The van der Waals surface area contributed by atoms with Crippen molar-refractivity contribution in [2.75, 3.05) is 10.6 Å². The molecule has 8 nitrogen and oxygen atoms in total. The molecule has 2 aromatic carbocycles. The van der Waals surface area contributed by atoms with Gasteiger partial charge in [-0.05, 0) is 62.4 Å². The van der Waals surface area contributed by atoms with Gasteiger partial charge in [-0.2, -0.15) is 0 Å². The van der Waals surface area contributed by atoms with Crippen LogP contribution in [0.3, 0.4) is 0 Å². The zero-order valence-electron chi connectivity index (χ0n) is 15.9. The molecule has 0 unspecified atom stereocenters. The lowest BCUT2D eigenvalue weighted by Crippen LogP contribution is -2.15. The fourth-order valence-corrected chi connectivity index (χ4v) is 3.69. The minimum Gasteiger partial charge on any atom is -0.326 e. The van der Waals surface area contributed by atoms with E-state index in [2.05, 4.69) is 10.6 Å². The minimum absolute atomic E-state index is 0.0235. The Morgan fingerprint density at radius 2 is 0.966 bits per heavy atom. The number of rotatable bonds is 8. The summed E-state index contributed by atoms with van der Waals surface area (Å²) in [6.45, 7) is 2.60. The summed E-state index contributed by atoms with van der Waals surface area (Å²) in [5.74, 6) is -1.50. The molecule has 0 bridgehead atoms. The summed E-state index contributed by atoms with van der Waals surface area (Å²) in [6, 6.07) is 11.1. The highest BCUT2D eigenvalue weighted by atomic mass is 32.2. The number of carbonyl (C=O) groups excluding carboxylic acids is 4. The first-order valence-electron chi connectivity index (χ1n) is 8.62. The highest BCUT2D eigenvalue weighted by molar-refractivity contribution is 7.91. The maximum Gasteiger partial charge on any atom is 0.231 e. The summed E-state index contributed by atoms with van der Waals surface area (Å²) in [7, 11) is -3.80. The largest absolute Gasteiger partial charge is 0.326 e. The number of nitrogens with one attached hydrogen (secondary N) is 2. The maximum atomic E-state index is 12.7. The fourth-order valence-electron chi connectivity index (χ4n) is 2.43. The lowest BCUT2D eigenvalue weighted by molar-refractivity contribution is -0.125. The van der Waals surface area contributed by atoms with Crippen molar-refractivity contribution < 1.29 is 27.6 Å². The van der Waals surface area contributed by atoms with Crippen LogP contribution in [0.15, 0.2) is 58.3 Å². The maximum absolute atomic E-state index is 12.7. The molecule has 2 N–H and O–H groups in total. The average molecular weight is 416 g/mol. The van der Waals surface area contributed by atoms with Crippen LogP contribution in [0.5, 0.6) is 0 Å². The fraction of sp³-hybridized carbons (Fsp3) is 0.200. The van der Waals surface area contributed by atoms with Crippen LogP contribution in [0.2, 0.25) is 0 Å². The minimum atomic E-state index is -3.80. The SMILES string of the molecule is CC(=O)CC(=O)Nc1ccc(S(=O)(=O)c2ccc(NC(=O)CC(C)=O)cc2)cc1. The Hall–Kier alpha value is -3.33. The first-order valence-corrected chi connectivity index (χ1v) is 10.1. The van der Waals surface area contributed by atoms with E-state index in [4.69, 9.17) is 0 Å². The van der Waals surface area contributed by atoms with Crippen LogP contribution in [0.1, 0.15) is 26.7 Å². The topological polar surface area (TPSA) is 126 Å². The van der Waals surface area contributed by atoms with Crippen molar-refractivity contribution in [2.45, 2.75) is 36.5 Å². The molecule has 0 aliphatic heterocycles. The van der Waals surface area contributed by atoms with Gasteiger partial charge in [-0.3, -0.25) is 19.2 Å². The third-order valence-corrected chi connectivity index (χ3v) is 5.50. The third kappa shape index (κ3) is 6.35. The number of benzene rings is 2. The van der Waals surface area contributed by atoms with E-state index in [-0.39, 0.29) is 34.2 Å². The zero-order valence-corrected chi connectivity index (χ0v) is 16.7. The molecule has 29 heavy (non-hydrogen) atoms. The van der Waals surface area contributed by atoms with Crippen molar-refractivity contribution in [3.05, 3.63) is 48.5 Å². The molecule has 0 radical (unpaired) electrons. The predicted molar refractivity (Wildman–Crippen MR) is 106 cm³/mol. The first kappa shape index (κ1) is 22.0. The van der Waals surface area contributed by atoms with Crippen molar-refractivity contribution in [2.24, 2.45) is 0 Å². The molecule has 2 rings (SSSR count). The van der Waals surface area contributed by atoms with E-state index in [0.717, 1.165) is 0 Å². The molecule has 152 valence electrons.